The molecule has 1 N–H and O–H groups in total. The average Bonchev–Trinajstić information content (AvgIpc) is 2.47. The number of hydrogen-bond acceptors (Lipinski definition) is 3. The summed E-state index contributed by atoms with van der Waals surface area (Å²) in [5.74, 6) is -0.116. The van der Waals surface area contributed by atoms with Gasteiger partial charge in [-0.15, -0.1) is 0 Å². The maximum absolute atomic E-state index is 12.4. The SMILES string of the molecule is O=C(NC1CCCCC1CBr)c1c(Cl)cccc1[N+](=O)[O-]. The molecule has 1 fully saturated rings. The van der Waals surface area contributed by atoms with Gasteiger partial charge >= 0.3 is 0 Å². The third-order valence-electron chi connectivity index (χ3n) is 3.84. The zero-order valence-corrected chi connectivity index (χ0v) is 13.7. The minimum absolute atomic E-state index is 0.0292. The van der Waals surface area contributed by atoms with Gasteiger partial charge in [0, 0.05) is 17.4 Å². The van der Waals surface area contributed by atoms with E-state index in [2.05, 4.69) is 21.2 Å². The van der Waals surface area contributed by atoms with Crippen LogP contribution in [-0.2, 0) is 0 Å². The van der Waals surface area contributed by atoms with Crippen LogP contribution >= 0.6 is 27.5 Å². The Balaban J connectivity index is 2.22. The quantitative estimate of drug-likeness (QED) is 0.492. The van der Waals surface area contributed by atoms with Crippen LogP contribution in [0.2, 0.25) is 5.02 Å². The lowest BCUT2D eigenvalue weighted by Crippen LogP contribution is -2.43. The number of benzene rings is 1. The van der Waals surface area contributed by atoms with Gasteiger partial charge in [-0.25, -0.2) is 0 Å². The highest BCUT2D eigenvalue weighted by atomic mass is 79.9. The van der Waals surface area contributed by atoms with Crippen molar-refractivity contribution < 1.29 is 9.72 Å². The van der Waals surface area contributed by atoms with Crippen molar-refractivity contribution in [3.8, 4) is 0 Å². The van der Waals surface area contributed by atoms with Gasteiger partial charge in [0.15, 0.2) is 0 Å². The highest BCUT2D eigenvalue weighted by Gasteiger charge is 2.29. The molecule has 1 saturated carbocycles. The van der Waals surface area contributed by atoms with Gasteiger partial charge in [-0.2, -0.15) is 0 Å². The number of hydrogen-bond donors (Lipinski definition) is 1. The summed E-state index contributed by atoms with van der Waals surface area (Å²) in [5, 5.41) is 14.9. The third kappa shape index (κ3) is 3.74. The maximum Gasteiger partial charge on any atom is 0.283 e. The summed E-state index contributed by atoms with van der Waals surface area (Å²) in [6, 6.07) is 4.29. The molecule has 21 heavy (non-hydrogen) atoms. The molecule has 2 unspecified atom stereocenters. The number of rotatable bonds is 4. The van der Waals surface area contributed by atoms with Gasteiger partial charge in [-0.05, 0) is 24.8 Å². The molecule has 1 aliphatic carbocycles. The number of carbonyl (C=O) groups excluding carboxylic acids is 1. The van der Waals surface area contributed by atoms with Gasteiger partial charge in [0.05, 0.1) is 9.95 Å². The van der Waals surface area contributed by atoms with E-state index < -0.39 is 10.8 Å². The van der Waals surface area contributed by atoms with E-state index in [4.69, 9.17) is 11.6 Å². The summed E-state index contributed by atoms with van der Waals surface area (Å²) in [5.41, 5.74) is -0.311. The molecule has 1 aromatic rings. The van der Waals surface area contributed by atoms with Gasteiger partial charge in [-0.1, -0.05) is 46.4 Å². The van der Waals surface area contributed by atoms with Crippen molar-refractivity contribution in [1.29, 1.82) is 0 Å². The van der Waals surface area contributed by atoms with E-state index in [0.717, 1.165) is 31.0 Å². The topological polar surface area (TPSA) is 72.2 Å². The van der Waals surface area contributed by atoms with Gasteiger partial charge in [0.25, 0.3) is 11.6 Å². The molecule has 0 aliphatic heterocycles. The van der Waals surface area contributed by atoms with Gasteiger partial charge < -0.3 is 5.32 Å². The molecule has 0 spiro atoms. The number of nitrogens with one attached hydrogen (secondary N) is 1. The zero-order valence-electron chi connectivity index (χ0n) is 11.4. The van der Waals surface area contributed by atoms with Crippen LogP contribution in [0.5, 0.6) is 0 Å². The van der Waals surface area contributed by atoms with E-state index >= 15 is 0 Å². The largest absolute Gasteiger partial charge is 0.349 e. The smallest absolute Gasteiger partial charge is 0.283 e. The molecule has 1 amide bonds. The van der Waals surface area contributed by atoms with Gasteiger partial charge in [-0.3, -0.25) is 14.9 Å². The van der Waals surface area contributed by atoms with E-state index in [1.54, 1.807) is 0 Å². The molecule has 5 nitrogen and oxygen atoms in total. The van der Waals surface area contributed by atoms with Crippen LogP contribution in [0.4, 0.5) is 5.69 Å². The fraction of sp³-hybridized carbons (Fsp3) is 0.500. The van der Waals surface area contributed by atoms with E-state index in [1.807, 2.05) is 0 Å². The number of nitro groups is 1. The third-order valence-corrected chi connectivity index (χ3v) is 4.99. The number of halogens is 2. The molecule has 2 rings (SSSR count). The second-order valence-corrected chi connectivity index (χ2v) is 6.22. The summed E-state index contributed by atoms with van der Waals surface area (Å²) in [4.78, 5) is 22.9. The molecule has 0 saturated heterocycles. The Morgan fingerprint density at radius 1 is 1.43 bits per heavy atom. The number of nitro benzene ring substituents is 1. The second kappa shape index (κ2) is 7.22. The van der Waals surface area contributed by atoms with Crippen LogP contribution in [0.15, 0.2) is 18.2 Å². The maximum atomic E-state index is 12.4. The van der Waals surface area contributed by atoms with Crippen LogP contribution in [-0.4, -0.2) is 22.2 Å². The van der Waals surface area contributed by atoms with Crippen molar-refractivity contribution in [2.45, 2.75) is 31.7 Å². The molecule has 1 aromatic carbocycles. The summed E-state index contributed by atoms with van der Waals surface area (Å²) < 4.78 is 0. The molecule has 7 heteroatoms. The van der Waals surface area contributed by atoms with Crippen molar-refractivity contribution in [2.24, 2.45) is 5.92 Å². The summed E-state index contributed by atoms with van der Waals surface area (Å²) in [6.07, 6.45) is 4.13. The van der Waals surface area contributed by atoms with E-state index in [9.17, 15) is 14.9 Å². The Morgan fingerprint density at radius 2 is 2.14 bits per heavy atom. The lowest BCUT2D eigenvalue weighted by atomic mass is 9.85. The molecule has 0 aromatic heterocycles. The van der Waals surface area contributed by atoms with Crippen LogP contribution < -0.4 is 5.32 Å². The molecule has 0 radical (unpaired) electrons. The number of alkyl halides is 1. The highest BCUT2D eigenvalue weighted by molar-refractivity contribution is 9.09. The number of carbonyl (C=O) groups is 1. The van der Waals surface area contributed by atoms with Gasteiger partial charge in [0.2, 0.25) is 0 Å². The first kappa shape index (κ1) is 16.2. The molecular weight excluding hydrogens is 360 g/mol. The first-order chi connectivity index (χ1) is 10.0. The monoisotopic (exact) mass is 374 g/mol. The molecular formula is C14H16BrClN2O3. The van der Waals surface area contributed by atoms with Crippen LogP contribution in [0.1, 0.15) is 36.0 Å². The standard InChI is InChI=1S/C14H16BrClN2O3/c15-8-9-4-1-2-6-11(9)17-14(19)13-10(16)5-3-7-12(13)18(20)21/h3,5,7,9,11H,1-2,4,6,8H2,(H,17,19). The average molecular weight is 376 g/mol. The fourth-order valence-corrected chi connectivity index (χ4v) is 3.74. The molecule has 1 aliphatic rings. The van der Waals surface area contributed by atoms with Crippen LogP contribution in [0.3, 0.4) is 0 Å². The zero-order chi connectivity index (χ0) is 15.4. The van der Waals surface area contributed by atoms with Crippen molar-refractivity contribution in [3.63, 3.8) is 0 Å². The Kier molecular flexibility index (Phi) is 5.58. The molecule has 0 bridgehead atoms. The fourth-order valence-electron chi connectivity index (χ4n) is 2.71. The van der Waals surface area contributed by atoms with Crippen LogP contribution in [0, 0.1) is 16.0 Å². The summed E-state index contributed by atoms with van der Waals surface area (Å²) >= 11 is 9.45. The number of nitrogens with zero attached hydrogens (tertiary/aromatic N) is 1. The minimum Gasteiger partial charge on any atom is -0.349 e. The van der Waals surface area contributed by atoms with E-state index in [-0.39, 0.29) is 22.3 Å². The Hall–Kier alpha value is -1.14. The summed E-state index contributed by atoms with van der Waals surface area (Å²) in [6.45, 7) is 0. The number of amides is 1. The van der Waals surface area contributed by atoms with Crippen molar-refractivity contribution in [3.05, 3.63) is 38.9 Å². The lowest BCUT2D eigenvalue weighted by molar-refractivity contribution is -0.385. The Labute approximate surface area is 136 Å². The van der Waals surface area contributed by atoms with E-state index in [0.29, 0.717) is 5.92 Å². The minimum atomic E-state index is -0.580. The molecule has 2 atom stereocenters. The molecule has 114 valence electrons. The summed E-state index contributed by atoms with van der Waals surface area (Å²) in [7, 11) is 0. The van der Waals surface area contributed by atoms with Crippen molar-refractivity contribution in [1.82, 2.24) is 5.32 Å². The van der Waals surface area contributed by atoms with E-state index in [1.165, 1.54) is 18.2 Å². The van der Waals surface area contributed by atoms with Crippen molar-refractivity contribution >= 4 is 39.1 Å². The second-order valence-electron chi connectivity index (χ2n) is 5.17. The Bertz CT molecular complexity index is 553. The van der Waals surface area contributed by atoms with Crippen LogP contribution in [0.25, 0.3) is 0 Å². The predicted molar refractivity (Wildman–Crippen MR) is 85.1 cm³/mol. The molecule has 0 heterocycles. The van der Waals surface area contributed by atoms with Gasteiger partial charge in [0.1, 0.15) is 5.56 Å². The normalized spacial score (nSPS) is 21.8. The first-order valence-electron chi connectivity index (χ1n) is 6.84. The predicted octanol–water partition coefficient (Wildman–Crippen LogP) is 3.93. The lowest BCUT2D eigenvalue weighted by Gasteiger charge is -2.31. The first-order valence-corrected chi connectivity index (χ1v) is 8.34. The Morgan fingerprint density at radius 3 is 2.81 bits per heavy atom. The van der Waals surface area contributed by atoms with Crippen molar-refractivity contribution in [2.75, 3.05) is 5.33 Å². The highest BCUT2D eigenvalue weighted by Crippen LogP contribution is 2.29.